The van der Waals surface area contributed by atoms with Gasteiger partial charge >= 0.3 is 0 Å². The molecule has 0 radical (unpaired) electrons. The Balaban J connectivity index is 2.17. The first-order valence-electron chi connectivity index (χ1n) is 5.71. The fourth-order valence-electron chi connectivity index (χ4n) is 1.99. The molecule has 0 spiro atoms. The summed E-state index contributed by atoms with van der Waals surface area (Å²) in [6.45, 7) is 7.33. The summed E-state index contributed by atoms with van der Waals surface area (Å²) >= 11 is 0. The summed E-state index contributed by atoms with van der Waals surface area (Å²) in [5.41, 5.74) is 3.57. The molecule has 2 heterocycles. The molecule has 0 bridgehead atoms. The molecule has 1 aromatic rings. The van der Waals surface area contributed by atoms with E-state index in [-0.39, 0.29) is 0 Å². The normalized spacial score (nSPS) is 16.9. The van der Waals surface area contributed by atoms with E-state index in [4.69, 9.17) is 0 Å². The van der Waals surface area contributed by atoms with E-state index in [1.165, 1.54) is 24.2 Å². The Kier molecular flexibility index (Phi) is 3.05. The van der Waals surface area contributed by atoms with Crippen molar-refractivity contribution in [3.05, 3.63) is 36.3 Å². The van der Waals surface area contributed by atoms with Crippen LogP contribution in [0.2, 0.25) is 0 Å². The Hall–Kier alpha value is -1.31. The summed E-state index contributed by atoms with van der Waals surface area (Å²) in [4.78, 5) is 6.71. The molecule has 0 amide bonds. The van der Waals surface area contributed by atoms with Crippen molar-refractivity contribution < 1.29 is 0 Å². The van der Waals surface area contributed by atoms with Crippen LogP contribution in [0.4, 0.5) is 5.69 Å². The average Bonchev–Trinajstić information content (AvgIpc) is 2.30. The molecule has 1 aliphatic rings. The first-order chi connectivity index (χ1) is 7.31. The van der Waals surface area contributed by atoms with Gasteiger partial charge in [-0.15, -0.1) is 0 Å². The van der Waals surface area contributed by atoms with Crippen molar-refractivity contribution in [2.45, 2.75) is 32.6 Å². The molecular formula is C13H18N2. The van der Waals surface area contributed by atoms with Crippen molar-refractivity contribution in [2.75, 3.05) is 11.4 Å². The van der Waals surface area contributed by atoms with E-state index < -0.39 is 0 Å². The average molecular weight is 202 g/mol. The predicted octanol–water partition coefficient (Wildman–Crippen LogP) is 3.15. The van der Waals surface area contributed by atoms with Crippen molar-refractivity contribution in [2.24, 2.45) is 0 Å². The number of pyridine rings is 1. The Bertz CT molecular complexity index is 340. The molecule has 0 atom stereocenters. The molecule has 1 aromatic heterocycles. The first kappa shape index (κ1) is 10.2. The largest absolute Gasteiger partial charge is 0.344 e. The third-order valence-electron chi connectivity index (χ3n) is 2.96. The van der Waals surface area contributed by atoms with Crippen LogP contribution in [0, 0.1) is 0 Å². The minimum absolute atomic E-state index is 1.00. The van der Waals surface area contributed by atoms with E-state index in [2.05, 4.69) is 35.5 Å². The van der Waals surface area contributed by atoms with Crippen LogP contribution in [-0.4, -0.2) is 11.5 Å². The zero-order chi connectivity index (χ0) is 10.7. The van der Waals surface area contributed by atoms with Gasteiger partial charge in [0.15, 0.2) is 0 Å². The van der Waals surface area contributed by atoms with Gasteiger partial charge in [0.05, 0.1) is 11.9 Å². The van der Waals surface area contributed by atoms with Crippen LogP contribution in [0.1, 0.15) is 31.9 Å². The van der Waals surface area contributed by atoms with Crippen LogP contribution in [0.5, 0.6) is 0 Å². The second-order valence-corrected chi connectivity index (χ2v) is 4.04. The Morgan fingerprint density at radius 3 is 2.87 bits per heavy atom. The van der Waals surface area contributed by atoms with Crippen LogP contribution in [0.3, 0.4) is 0 Å². The zero-order valence-electron chi connectivity index (χ0n) is 9.37. The predicted molar refractivity (Wildman–Crippen MR) is 64.0 cm³/mol. The van der Waals surface area contributed by atoms with Gasteiger partial charge < -0.3 is 4.90 Å². The number of aromatic nitrogens is 1. The van der Waals surface area contributed by atoms with E-state index in [9.17, 15) is 0 Å². The van der Waals surface area contributed by atoms with Gasteiger partial charge in [-0.3, -0.25) is 4.98 Å². The maximum absolute atomic E-state index is 4.42. The van der Waals surface area contributed by atoms with Crippen molar-refractivity contribution in [3.63, 3.8) is 0 Å². The summed E-state index contributed by atoms with van der Waals surface area (Å²) in [6.07, 6.45) is 6.62. The van der Waals surface area contributed by atoms with Gasteiger partial charge in [-0.2, -0.15) is 0 Å². The molecular weight excluding hydrogens is 184 g/mol. The van der Waals surface area contributed by atoms with Gasteiger partial charge in [-0.25, -0.2) is 0 Å². The lowest BCUT2D eigenvalue weighted by Crippen LogP contribution is -2.26. The van der Waals surface area contributed by atoms with Crippen LogP contribution < -0.4 is 4.90 Å². The highest BCUT2D eigenvalue weighted by atomic mass is 15.1. The Labute approximate surface area is 91.6 Å². The molecule has 2 nitrogen and oxygen atoms in total. The summed E-state index contributed by atoms with van der Waals surface area (Å²) < 4.78 is 0. The lowest BCUT2D eigenvalue weighted by Gasteiger charge is -2.30. The summed E-state index contributed by atoms with van der Waals surface area (Å²) in [7, 11) is 0. The van der Waals surface area contributed by atoms with Gasteiger partial charge in [0.2, 0.25) is 0 Å². The van der Waals surface area contributed by atoms with Crippen LogP contribution in [0.25, 0.3) is 0 Å². The third-order valence-corrected chi connectivity index (χ3v) is 2.96. The van der Waals surface area contributed by atoms with Crippen molar-refractivity contribution >= 4 is 5.69 Å². The number of allylic oxidation sites excluding steroid dienone is 1. The topological polar surface area (TPSA) is 16.1 Å². The number of aryl methyl sites for hydroxylation is 1. The fourth-order valence-corrected chi connectivity index (χ4v) is 1.99. The maximum atomic E-state index is 4.42. The monoisotopic (exact) mass is 202 g/mol. The molecule has 2 heteroatoms. The highest BCUT2D eigenvalue weighted by Crippen LogP contribution is 2.25. The number of hydrogen-bond donors (Lipinski definition) is 0. The second kappa shape index (κ2) is 4.47. The third kappa shape index (κ3) is 2.20. The van der Waals surface area contributed by atoms with Crippen molar-refractivity contribution in [1.29, 1.82) is 0 Å². The molecule has 0 aliphatic carbocycles. The maximum Gasteiger partial charge on any atom is 0.0594 e. The van der Waals surface area contributed by atoms with E-state index in [0.29, 0.717) is 0 Å². The number of nitrogens with zero attached hydrogens (tertiary/aromatic N) is 2. The molecule has 1 aliphatic heterocycles. The smallest absolute Gasteiger partial charge is 0.0594 e. The first-order valence-corrected chi connectivity index (χ1v) is 5.71. The van der Waals surface area contributed by atoms with E-state index >= 15 is 0 Å². The Morgan fingerprint density at radius 2 is 2.27 bits per heavy atom. The fraction of sp³-hybridized carbons (Fsp3) is 0.462. The number of hydrogen-bond acceptors (Lipinski definition) is 2. The van der Waals surface area contributed by atoms with Crippen LogP contribution in [-0.2, 0) is 6.42 Å². The number of piperidine rings is 1. The van der Waals surface area contributed by atoms with E-state index in [0.717, 1.165) is 25.1 Å². The highest BCUT2D eigenvalue weighted by molar-refractivity contribution is 5.50. The lowest BCUT2D eigenvalue weighted by molar-refractivity contribution is 0.640. The molecule has 80 valence electrons. The number of anilines is 1. The quantitative estimate of drug-likeness (QED) is 0.732. The molecule has 2 rings (SSSR count). The molecule has 0 N–H and O–H groups in total. The van der Waals surface area contributed by atoms with Crippen LogP contribution >= 0.6 is 0 Å². The molecule has 0 unspecified atom stereocenters. The van der Waals surface area contributed by atoms with Gasteiger partial charge in [0, 0.05) is 17.9 Å². The zero-order valence-corrected chi connectivity index (χ0v) is 9.37. The minimum atomic E-state index is 1.00. The number of rotatable bonds is 2. The van der Waals surface area contributed by atoms with E-state index in [1.807, 2.05) is 6.20 Å². The van der Waals surface area contributed by atoms with Gasteiger partial charge in [0.1, 0.15) is 0 Å². The molecule has 15 heavy (non-hydrogen) atoms. The minimum Gasteiger partial charge on any atom is -0.344 e. The summed E-state index contributed by atoms with van der Waals surface area (Å²) in [5.74, 6) is 0. The van der Waals surface area contributed by atoms with Crippen molar-refractivity contribution in [3.8, 4) is 0 Å². The van der Waals surface area contributed by atoms with E-state index in [1.54, 1.807) is 0 Å². The highest BCUT2D eigenvalue weighted by Gasteiger charge is 2.14. The van der Waals surface area contributed by atoms with Gasteiger partial charge in [-0.1, -0.05) is 13.5 Å². The van der Waals surface area contributed by atoms with Gasteiger partial charge in [0.25, 0.3) is 0 Å². The van der Waals surface area contributed by atoms with Gasteiger partial charge in [-0.05, 0) is 37.8 Å². The molecule has 1 saturated heterocycles. The lowest BCUT2D eigenvalue weighted by atomic mass is 10.1. The molecule has 0 saturated carbocycles. The standard InChI is InChI=1S/C13H18N2/c1-3-12-7-8-13(10-14-12)15-9-5-4-6-11(15)2/h7-8,10H,2-6,9H2,1H3. The molecule has 0 aromatic carbocycles. The summed E-state index contributed by atoms with van der Waals surface area (Å²) in [5, 5.41) is 0. The summed E-state index contributed by atoms with van der Waals surface area (Å²) in [6, 6.07) is 4.26. The van der Waals surface area contributed by atoms with Crippen molar-refractivity contribution in [1.82, 2.24) is 4.98 Å². The SMILES string of the molecule is C=C1CCCCN1c1ccc(CC)nc1. The second-order valence-electron chi connectivity index (χ2n) is 4.04. The molecule has 1 fully saturated rings. The van der Waals surface area contributed by atoms with Crippen LogP contribution in [0.15, 0.2) is 30.6 Å². The Morgan fingerprint density at radius 1 is 1.40 bits per heavy atom.